The van der Waals surface area contributed by atoms with Gasteiger partial charge in [0.1, 0.15) is 19.8 Å². The lowest BCUT2D eigenvalue weighted by Gasteiger charge is -2.18. The molecule has 0 amide bonds. The van der Waals surface area contributed by atoms with Crippen LogP contribution in [0.2, 0.25) is 0 Å². The minimum absolute atomic E-state index is 0.0495. The molecule has 1 aliphatic rings. The van der Waals surface area contributed by atoms with Crippen LogP contribution < -0.4 is 0 Å². The number of carbonyl (C=O) groups excluding carboxylic acids is 2. The molecule has 0 aromatic heterocycles. The van der Waals surface area contributed by atoms with E-state index in [-0.39, 0.29) is 39.5 Å². The molecule has 0 aromatic rings. The van der Waals surface area contributed by atoms with Crippen LogP contribution in [0.4, 0.5) is 0 Å². The Labute approximate surface area is 103 Å². The molecule has 8 heteroatoms. The van der Waals surface area contributed by atoms with E-state index in [0.717, 1.165) is 0 Å². The quantitative estimate of drug-likeness (QED) is 0.470. The molecule has 0 atom stereocenters. The van der Waals surface area contributed by atoms with Gasteiger partial charge in [-0.05, 0) is 0 Å². The minimum atomic E-state index is -1.07. The third kappa shape index (κ3) is 6.16. The summed E-state index contributed by atoms with van der Waals surface area (Å²) in [5, 5.41) is 8.37. The van der Waals surface area contributed by atoms with Gasteiger partial charge in [-0.3, -0.25) is 14.5 Å². The van der Waals surface area contributed by atoms with Crippen LogP contribution in [0.3, 0.4) is 0 Å². The number of aliphatic carboxylic acids is 1. The Balaban J connectivity index is 2.36. The van der Waals surface area contributed by atoms with Gasteiger partial charge in [-0.2, -0.15) is 0 Å². The summed E-state index contributed by atoms with van der Waals surface area (Å²) in [6, 6.07) is 0. The highest BCUT2D eigenvalue weighted by molar-refractivity contribution is 5.75. The Morgan fingerprint density at radius 2 is 1.78 bits per heavy atom. The lowest BCUT2D eigenvalue weighted by molar-refractivity contribution is -0.148. The Morgan fingerprint density at radius 1 is 1.22 bits per heavy atom. The molecule has 1 fully saturated rings. The Bertz CT molecular complexity index is 297. The maximum atomic E-state index is 11.3. The van der Waals surface area contributed by atoms with Crippen molar-refractivity contribution in [2.24, 2.45) is 0 Å². The van der Waals surface area contributed by atoms with Crippen LogP contribution in [0, 0.1) is 0 Å². The van der Waals surface area contributed by atoms with Crippen LogP contribution in [0.1, 0.15) is 0 Å². The van der Waals surface area contributed by atoms with Gasteiger partial charge >= 0.3 is 17.9 Å². The molecule has 18 heavy (non-hydrogen) atoms. The van der Waals surface area contributed by atoms with Gasteiger partial charge in [0, 0.05) is 6.54 Å². The number of nitrogens with zero attached hydrogens (tertiary/aromatic N) is 1. The molecule has 1 N–H and O–H groups in total. The van der Waals surface area contributed by atoms with Crippen molar-refractivity contribution in [1.29, 1.82) is 0 Å². The van der Waals surface area contributed by atoms with Gasteiger partial charge < -0.3 is 19.3 Å². The van der Waals surface area contributed by atoms with Crippen molar-refractivity contribution < 1.29 is 33.7 Å². The number of hydrogen-bond acceptors (Lipinski definition) is 7. The second-order valence-electron chi connectivity index (χ2n) is 3.60. The molecule has 1 rings (SSSR count). The van der Waals surface area contributed by atoms with E-state index in [2.05, 4.69) is 0 Å². The summed E-state index contributed by atoms with van der Waals surface area (Å²) >= 11 is 0. The second kappa shape index (κ2) is 7.62. The highest BCUT2D eigenvalue weighted by Crippen LogP contribution is 1.96. The molecule has 0 bridgehead atoms. The van der Waals surface area contributed by atoms with Crippen molar-refractivity contribution >= 4 is 17.9 Å². The van der Waals surface area contributed by atoms with Crippen molar-refractivity contribution in [3.8, 4) is 0 Å². The van der Waals surface area contributed by atoms with Gasteiger partial charge in [0.2, 0.25) is 0 Å². The monoisotopic (exact) mass is 261 g/mol. The van der Waals surface area contributed by atoms with E-state index in [9.17, 15) is 14.4 Å². The molecule has 0 radical (unpaired) electrons. The van der Waals surface area contributed by atoms with E-state index in [4.69, 9.17) is 19.3 Å². The van der Waals surface area contributed by atoms with Crippen molar-refractivity contribution in [3.05, 3.63) is 0 Å². The largest absolute Gasteiger partial charge is 0.480 e. The molecule has 0 spiro atoms. The van der Waals surface area contributed by atoms with Crippen LogP contribution in [0.25, 0.3) is 0 Å². The lowest BCUT2D eigenvalue weighted by atomic mass is 10.4. The van der Waals surface area contributed by atoms with Crippen molar-refractivity contribution in [3.63, 3.8) is 0 Å². The van der Waals surface area contributed by atoms with Crippen molar-refractivity contribution in [2.45, 2.75) is 0 Å². The van der Waals surface area contributed by atoms with E-state index in [1.165, 1.54) is 4.90 Å². The van der Waals surface area contributed by atoms with Crippen LogP contribution in [0.5, 0.6) is 0 Å². The number of esters is 2. The summed E-state index contributed by atoms with van der Waals surface area (Å²) in [7, 11) is 0. The first-order valence-electron chi connectivity index (χ1n) is 5.41. The summed E-state index contributed by atoms with van der Waals surface area (Å²) < 4.78 is 14.4. The summed E-state index contributed by atoms with van der Waals surface area (Å²) in [4.78, 5) is 34.3. The van der Waals surface area contributed by atoms with E-state index in [1.54, 1.807) is 0 Å². The summed E-state index contributed by atoms with van der Waals surface area (Å²) in [5.41, 5.74) is 0. The van der Waals surface area contributed by atoms with E-state index in [0.29, 0.717) is 0 Å². The number of carboxylic acid groups (broad SMARTS) is 1. The molecule has 1 saturated heterocycles. The van der Waals surface area contributed by atoms with Crippen LogP contribution in [0.15, 0.2) is 0 Å². The maximum Gasteiger partial charge on any atom is 0.329 e. The Hall–Kier alpha value is -1.67. The fourth-order valence-corrected chi connectivity index (χ4v) is 1.33. The van der Waals surface area contributed by atoms with E-state index in [1.807, 2.05) is 0 Å². The zero-order valence-electron chi connectivity index (χ0n) is 9.79. The van der Waals surface area contributed by atoms with Crippen LogP contribution in [-0.2, 0) is 28.6 Å². The van der Waals surface area contributed by atoms with Gasteiger partial charge in [0.05, 0.1) is 19.7 Å². The third-order valence-electron chi connectivity index (χ3n) is 2.09. The normalized spacial score (nSPS) is 18.2. The number of hydrogen-bond donors (Lipinski definition) is 1. The third-order valence-corrected chi connectivity index (χ3v) is 2.09. The Kier molecular flexibility index (Phi) is 6.09. The van der Waals surface area contributed by atoms with Gasteiger partial charge in [-0.1, -0.05) is 0 Å². The summed E-state index contributed by atoms with van der Waals surface area (Å²) in [6.07, 6.45) is 0. The predicted molar refractivity (Wildman–Crippen MR) is 56.8 cm³/mol. The van der Waals surface area contributed by atoms with E-state index < -0.39 is 24.5 Å². The molecule has 1 heterocycles. The first kappa shape index (κ1) is 14.4. The van der Waals surface area contributed by atoms with Gasteiger partial charge in [0.15, 0.2) is 0 Å². The molecule has 0 aliphatic carbocycles. The molecule has 0 saturated carbocycles. The lowest BCUT2D eigenvalue weighted by Crippen LogP contribution is -2.37. The average molecular weight is 261 g/mol. The van der Waals surface area contributed by atoms with Crippen LogP contribution >= 0.6 is 0 Å². The molecule has 8 nitrogen and oxygen atoms in total. The van der Waals surface area contributed by atoms with Gasteiger partial charge in [-0.25, -0.2) is 4.79 Å². The minimum Gasteiger partial charge on any atom is -0.480 e. The van der Waals surface area contributed by atoms with E-state index >= 15 is 0 Å². The van der Waals surface area contributed by atoms with Gasteiger partial charge in [0.25, 0.3) is 0 Å². The van der Waals surface area contributed by atoms with Crippen molar-refractivity contribution in [2.75, 3.05) is 46.1 Å². The molecule has 1 aliphatic heterocycles. The van der Waals surface area contributed by atoms with Crippen LogP contribution in [-0.4, -0.2) is 74.0 Å². The average Bonchev–Trinajstić information content (AvgIpc) is 2.36. The summed E-state index contributed by atoms with van der Waals surface area (Å²) in [5.74, 6) is -1.98. The standard InChI is InChI=1S/C10H15NO7/c12-8(13)7-16-2-1-11-5-9(14)17-3-4-18-10(15)6-11/h1-7H2,(H,12,13). The first-order chi connectivity index (χ1) is 8.58. The number of carbonyl (C=O) groups is 3. The Morgan fingerprint density at radius 3 is 2.28 bits per heavy atom. The smallest absolute Gasteiger partial charge is 0.329 e. The zero-order chi connectivity index (χ0) is 13.4. The zero-order valence-corrected chi connectivity index (χ0v) is 9.79. The molecule has 0 unspecified atom stereocenters. The fourth-order valence-electron chi connectivity index (χ4n) is 1.33. The predicted octanol–water partition coefficient (Wildman–Crippen LogP) is -1.51. The second-order valence-corrected chi connectivity index (χ2v) is 3.60. The SMILES string of the molecule is O=C(O)COCCN1CC(=O)OCCOC(=O)C1. The number of carboxylic acids is 1. The van der Waals surface area contributed by atoms with Gasteiger partial charge in [-0.15, -0.1) is 0 Å². The summed E-state index contributed by atoms with van der Waals surface area (Å²) in [6.45, 7) is -0.0635. The number of cyclic esters (lactones) is 2. The topological polar surface area (TPSA) is 102 Å². The van der Waals surface area contributed by atoms with Crippen molar-refractivity contribution in [1.82, 2.24) is 4.90 Å². The number of ether oxygens (including phenoxy) is 3. The highest BCUT2D eigenvalue weighted by Gasteiger charge is 2.18. The highest BCUT2D eigenvalue weighted by atomic mass is 16.6. The molecule has 102 valence electrons. The number of rotatable bonds is 5. The molecule has 0 aromatic carbocycles. The molecular formula is C10H15NO7. The fraction of sp³-hybridized carbons (Fsp3) is 0.700. The first-order valence-corrected chi connectivity index (χ1v) is 5.41. The molecular weight excluding hydrogens is 246 g/mol. The maximum absolute atomic E-state index is 11.3.